The molecule has 0 amide bonds. The smallest absolute Gasteiger partial charge is 0.0714 e. The maximum absolute atomic E-state index is 2.66. The fraction of sp³-hybridized carbons (Fsp3) is 0.377. The number of rotatable bonds is 21. The highest BCUT2D eigenvalue weighted by molar-refractivity contribution is 5.92. The van der Waals surface area contributed by atoms with Gasteiger partial charge in [0.1, 0.15) is 0 Å². The van der Waals surface area contributed by atoms with E-state index in [0.717, 1.165) is 17.1 Å². The molecule has 1 nitrogen and oxygen atoms in total. The first-order chi connectivity index (χ1) is 37.7. The number of fused-ring (bicyclic) bond motifs is 3. The standard InChI is InChI=1S/C77H91N/c1-13-19-29-54(16-4)69-51-59(52-70(55(17-5)30-20-14-2)74(69)56(18-6)28-15-3)57-37-47-64(48-38-57)78(73-36-27-25-33-66(73)58-31-22-21-23-32-58)65-49-50-68-67-34-24-26-35-71(67)77(72(68)53-65,62-43-39-60(40-44-62)75(7,8)9)63-45-41-61(42-46-63)76(10,11)12/h21-27,31-56H,13-20,28-30H2,1-12H3. The Hall–Kier alpha value is -6.44. The van der Waals surface area contributed by atoms with Gasteiger partial charge in [0, 0.05) is 16.9 Å². The van der Waals surface area contributed by atoms with Gasteiger partial charge in [0.2, 0.25) is 0 Å². The molecular weight excluding hydrogens is 939 g/mol. The molecule has 0 N–H and O–H groups in total. The van der Waals surface area contributed by atoms with Crippen LogP contribution in [0.3, 0.4) is 0 Å². The van der Waals surface area contributed by atoms with E-state index in [1.165, 1.54) is 137 Å². The molecule has 0 fully saturated rings. The van der Waals surface area contributed by atoms with Crippen LogP contribution < -0.4 is 4.90 Å². The molecule has 0 aromatic heterocycles. The van der Waals surface area contributed by atoms with Gasteiger partial charge in [0.15, 0.2) is 0 Å². The summed E-state index contributed by atoms with van der Waals surface area (Å²) < 4.78 is 0. The summed E-state index contributed by atoms with van der Waals surface area (Å²) in [7, 11) is 0. The second-order valence-electron chi connectivity index (χ2n) is 24.9. The molecule has 8 aromatic rings. The van der Waals surface area contributed by atoms with Crippen molar-refractivity contribution in [1.82, 2.24) is 0 Å². The first kappa shape index (κ1) is 56.3. The summed E-state index contributed by atoms with van der Waals surface area (Å²) in [6, 6.07) is 70.7. The van der Waals surface area contributed by atoms with E-state index in [1.807, 2.05) is 0 Å². The van der Waals surface area contributed by atoms with E-state index in [4.69, 9.17) is 0 Å². The van der Waals surface area contributed by atoms with E-state index in [2.05, 4.69) is 270 Å². The Morgan fingerprint density at radius 3 is 1.38 bits per heavy atom. The minimum atomic E-state index is -0.570. The Bertz CT molecular complexity index is 3140. The van der Waals surface area contributed by atoms with E-state index in [1.54, 1.807) is 16.7 Å². The van der Waals surface area contributed by atoms with Gasteiger partial charge in [-0.15, -0.1) is 0 Å². The predicted octanol–water partition coefficient (Wildman–Crippen LogP) is 23.1. The number of anilines is 3. The predicted molar refractivity (Wildman–Crippen MR) is 340 cm³/mol. The van der Waals surface area contributed by atoms with Crippen LogP contribution >= 0.6 is 0 Å². The minimum Gasteiger partial charge on any atom is -0.310 e. The number of hydrogen-bond donors (Lipinski definition) is 0. The molecule has 78 heavy (non-hydrogen) atoms. The van der Waals surface area contributed by atoms with Crippen molar-refractivity contribution in [3.05, 3.63) is 232 Å². The van der Waals surface area contributed by atoms with Crippen molar-refractivity contribution in [3.63, 3.8) is 0 Å². The maximum Gasteiger partial charge on any atom is 0.0714 e. The van der Waals surface area contributed by atoms with Crippen molar-refractivity contribution in [2.75, 3.05) is 4.90 Å². The van der Waals surface area contributed by atoms with E-state index < -0.39 is 5.41 Å². The quantitative estimate of drug-likeness (QED) is 0.0693. The summed E-state index contributed by atoms with van der Waals surface area (Å²) in [5.74, 6) is 1.71. The van der Waals surface area contributed by atoms with Crippen molar-refractivity contribution in [3.8, 4) is 33.4 Å². The van der Waals surface area contributed by atoms with Gasteiger partial charge in [0.05, 0.1) is 11.1 Å². The van der Waals surface area contributed by atoms with Crippen LogP contribution in [0, 0.1) is 0 Å². The van der Waals surface area contributed by atoms with Crippen LogP contribution in [-0.2, 0) is 16.2 Å². The van der Waals surface area contributed by atoms with Crippen LogP contribution in [0.4, 0.5) is 17.1 Å². The minimum absolute atomic E-state index is 0.0286. The monoisotopic (exact) mass is 1030 g/mol. The van der Waals surface area contributed by atoms with Gasteiger partial charge in [-0.05, 0) is 175 Å². The number of para-hydroxylation sites is 1. The molecule has 0 radical (unpaired) electrons. The van der Waals surface area contributed by atoms with Gasteiger partial charge in [-0.3, -0.25) is 0 Å². The van der Waals surface area contributed by atoms with Crippen LogP contribution in [0.2, 0.25) is 0 Å². The van der Waals surface area contributed by atoms with E-state index in [9.17, 15) is 0 Å². The molecular formula is C77H91N. The second-order valence-corrected chi connectivity index (χ2v) is 24.9. The van der Waals surface area contributed by atoms with Crippen LogP contribution in [0.1, 0.15) is 222 Å². The molecule has 0 saturated carbocycles. The Kier molecular flexibility index (Phi) is 17.5. The molecule has 9 rings (SSSR count). The third-order valence-corrected chi connectivity index (χ3v) is 17.8. The van der Waals surface area contributed by atoms with Crippen molar-refractivity contribution in [1.29, 1.82) is 0 Å². The maximum atomic E-state index is 2.66. The topological polar surface area (TPSA) is 3.24 Å². The second kappa shape index (κ2) is 24.3. The lowest BCUT2D eigenvalue weighted by Gasteiger charge is -2.36. The molecule has 3 atom stereocenters. The van der Waals surface area contributed by atoms with E-state index in [0.29, 0.717) is 17.8 Å². The lowest BCUT2D eigenvalue weighted by molar-refractivity contribution is 0.519. The normalized spacial score (nSPS) is 14.2. The molecule has 1 heteroatoms. The van der Waals surface area contributed by atoms with E-state index >= 15 is 0 Å². The van der Waals surface area contributed by atoms with Crippen molar-refractivity contribution in [2.24, 2.45) is 0 Å². The van der Waals surface area contributed by atoms with Gasteiger partial charge >= 0.3 is 0 Å². The molecule has 1 aliphatic rings. The van der Waals surface area contributed by atoms with Crippen molar-refractivity contribution < 1.29 is 0 Å². The van der Waals surface area contributed by atoms with Crippen LogP contribution in [0.5, 0.6) is 0 Å². The lowest BCUT2D eigenvalue weighted by Crippen LogP contribution is -2.29. The molecule has 0 aliphatic heterocycles. The van der Waals surface area contributed by atoms with E-state index in [-0.39, 0.29) is 10.8 Å². The highest BCUT2D eigenvalue weighted by atomic mass is 15.1. The summed E-state index contributed by atoms with van der Waals surface area (Å²) in [6.45, 7) is 28.3. The third kappa shape index (κ3) is 11.1. The molecule has 0 spiro atoms. The van der Waals surface area contributed by atoms with Gasteiger partial charge in [-0.1, -0.05) is 267 Å². The zero-order chi connectivity index (χ0) is 55.2. The fourth-order valence-corrected chi connectivity index (χ4v) is 13.4. The Morgan fingerprint density at radius 1 is 0.385 bits per heavy atom. The molecule has 0 heterocycles. The summed E-state index contributed by atoms with van der Waals surface area (Å²) in [5, 5.41) is 0. The largest absolute Gasteiger partial charge is 0.310 e. The Labute approximate surface area is 472 Å². The summed E-state index contributed by atoms with van der Waals surface area (Å²) in [4.78, 5) is 2.54. The summed E-state index contributed by atoms with van der Waals surface area (Å²) >= 11 is 0. The number of unbranched alkanes of at least 4 members (excludes halogenated alkanes) is 2. The highest BCUT2D eigenvalue weighted by Crippen LogP contribution is 2.58. The molecule has 0 bridgehead atoms. The Morgan fingerprint density at radius 2 is 0.872 bits per heavy atom. The summed E-state index contributed by atoms with van der Waals surface area (Å²) in [5.41, 5.74) is 23.4. The fourth-order valence-electron chi connectivity index (χ4n) is 13.4. The van der Waals surface area contributed by atoms with Crippen LogP contribution in [0.25, 0.3) is 33.4 Å². The van der Waals surface area contributed by atoms with Gasteiger partial charge in [-0.2, -0.15) is 0 Å². The average Bonchev–Trinajstić information content (AvgIpc) is 4.02. The first-order valence-corrected chi connectivity index (χ1v) is 30.4. The molecule has 8 aromatic carbocycles. The van der Waals surface area contributed by atoms with Gasteiger partial charge in [0.25, 0.3) is 0 Å². The number of hydrogen-bond acceptors (Lipinski definition) is 1. The molecule has 1 aliphatic carbocycles. The van der Waals surface area contributed by atoms with Crippen molar-refractivity contribution in [2.45, 2.75) is 188 Å². The SMILES string of the molecule is CCCCC(CC)c1cc(-c2ccc(N(c3ccc4c(c3)C(c3ccc(C(C)(C)C)cc3)(c3ccc(C(C)(C)C)cc3)c3ccccc3-4)c3ccccc3-c3ccccc3)cc2)cc(C(CC)CCCC)c1C(CC)CCC. The summed E-state index contributed by atoms with van der Waals surface area (Å²) in [6.07, 6.45) is 13.5. The number of nitrogens with zero attached hydrogens (tertiary/aromatic N) is 1. The highest BCUT2D eigenvalue weighted by Gasteiger charge is 2.47. The van der Waals surface area contributed by atoms with Gasteiger partial charge < -0.3 is 4.90 Å². The number of benzene rings is 8. The van der Waals surface area contributed by atoms with Gasteiger partial charge in [-0.25, -0.2) is 0 Å². The zero-order valence-corrected chi connectivity index (χ0v) is 49.8. The lowest BCUT2D eigenvalue weighted by atomic mass is 9.67. The van der Waals surface area contributed by atoms with Crippen molar-refractivity contribution >= 4 is 17.1 Å². The average molecular weight is 1030 g/mol. The van der Waals surface area contributed by atoms with Crippen LogP contribution in [-0.4, -0.2) is 0 Å². The Balaban J connectivity index is 1.28. The zero-order valence-electron chi connectivity index (χ0n) is 49.8. The molecule has 404 valence electrons. The van der Waals surface area contributed by atoms with Crippen LogP contribution in [0.15, 0.2) is 182 Å². The molecule has 3 unspecified atom stereocenters. The first-order valence-electron chi connectivity index (χ1n) is 30.4. The molecule has 0 saturated heterocycles. The third-order valence-electron chi connectivity index (χ3n) is 17.8.